The normalized spacial score (nSPS) is 11.4. The number of halogens is 1. The minimum Gasteiger partial charge on any atom is -1.00 e. The number of carbonyl (C=O) groups is 1. The van der Waals surface area contributed by atoms with Crippen molar-refractivity contribution in [1.82, 2.24) is 0 Å². The predicted molar refractivity (Wildman–Crippen MR) is 76.0 cm³/mol. The van der Waals surface area contributed by atoms with Gasteiger partial charge in [0.1, 0.15) is 0 Å². The van der Waals surface area contributed by atoms with Crippen LogP contribution in [0.2, 0.25) is 0 Å². The number of aromatic nitrogens is 1. The van der Waals surface area contributed by atoms with Crippen molar-refractivity contribution in [1.29, 1.82) is 0 Å². The van der Waals surface area contributed by atoms with E-state index in [4.69, 9.17) is 0 Å². The molecule has 0 aliphatic rings. The van der Waals surface area contributed by atoms with Crippen LogP contribution in [-0.4, -0.2) is 5.78 Å². The van der Waals surface area contributed by atoms with Gasteiger partial charge in [-0.25, -0.2) is 0 Å². The van der Waals surface area contributed by atoms with E-state index in [-0.39, 0.29) is 35.8 Å². The van der Waals surface area contributed by atoms with E-state index < -0.39 is 0 Å². The molecule has 1 heterocycles. The number of ketones is 1. The molecular weight excluding hydrogens is 361 g/mol. The van der Waals surface area contributed by atoms with Crippen LogP contribution in [-0.2, 0) is 0 Å². The van der Waals surface area contributed by atoms with Gasteiger partial charge in [0.05, 0.1) is 0 Å². The highest BCUT2D eigenvalue weighted by Gasteiger charge is 2.27. The second-order valence-electron chi connectivity index (χ2n) is 4.71. The second-order valence-corrected chi connectivity index (χ2v) is 4.71. The summed E-state index contributed by atoms with van der Waals surface area (Å²) in [7, 11) is 0. The molecule has 0 fully saturated rings. The molecule has 2 aromatic rings. The predicted octanol–water partition coefficient (Wildman–Crippen LogP) is 0.592. The van der Waals surface area contributed by atoms with Crippen LogP contribution in [0.3, 0.4) is 0 Å². The van der Waals surface area contributed by atoms with Crippen LogP contribution < -0.4 is 28.5 Å². The van der Waals surface area contributed by atoms with E-state index >= 15 is 0 Å². The number of Topliss-reactive ketones (excluding diaryl/α,β-unsaturated/α-hetero) is 1. The van der Waals surface area contributed by atoms with Crippen LogP contribution in [0.5, 0.6) is 0 Å². The molecule has 2 rings (SSSR count). The summed E-state index contributed by atoms with van der Waals surface area (Å²) in [4.78, 5) is 12.6. The molecule has 0 aliphatic carbocycles. The molecule has 1 unspecified atom stereocenters. The molecule has 0 saturated heterocycles. The van der Waals surface area contributed by atoms with Crippen molar-refractivity contribution in [3.05, 3.63) is 66.5 Å². The summed E-state index contributed by atoms with van der Waals surface area (Å²) in [6.45, 7) is 2.15. The number of pyridine rings is 1. The third-order valence-electron chi connectivity index (χ3n) is 3.29. The largest absolute Gasteiger partial charge is 1.00 e. The smallest absolute Gasteiger partial charge is 0.230 e. The fourth-order valence-electron chi connectivity index (χ4n) is 2.23. The molecule has 1 aromatic heterocycles. The Hall–Kier alpha value is -1.23. The highest BCUT2D eigenvalue weighted by molar-refractivity contribution is 5.97. The Morgan fingerprint density at radius 1 is 1.05 bits per heavy atom. The molecular formula is C17H20INO. The van der Waals surface area contributed by atoms with Crippen LogP contribution in [0.4, 0.5) is 0 Å². The van der Waals surface area contributed by atoms with Crippen molar-refractivity contribution in [2.45, 2.75) is 32.2 Å². The molecule has 2 nitrogen and oxygen atoms in total. The fourth-order valence-corrected chi connectivity index (χ4v) is 2.23. The van der Waals surface area contributed by atoms with Crippen molar-refractivity contribution in [3.8, 4) is 0 Å². The number of hydrogen-bond donors (Lipinski definition) is 0. The highest BCUT2D eigenvalue weighted by atomic mass is 127. The molecule has 1 aromatic carbocycles. The van der Waals surface area contributed by atoms with Gasteiger partial charge in [-0.05, 0) is 6.42 Å². The zero-order chi connectivity index (χ0) is 13.5. The van der Waals surface area contributed by atoms with Gasteiger partial charge in [0.15, 0.2) is 12.4 Å². The Bertz CT molecular complexity index is 513. The van der Waals surface area contributed by atoms with E-state index in [0.29, 0.717) is 0 Å². The summed E-state index contributed by atoms with van der Waals surface area (Å²) in [6.07, 6.45) is 7.00. The molecule has 1 atom stereocenters. The first-order valence-corrected chi connectivity index (χ1v) is 6.88. The average Bonchev–Trinajstić information content (AvgIpc) is 2.49. The Kier molecular flexibility index (Phi) is 7.44. The van der Waals surface area contributed by atoms with E-state index in [1.54, 1.807) is 0 Å². The zero-order valence-corrected chi connectivity index (χ0v) is 13.9. The van der Waals surface area contributed by atoms with E-state index in [2.05, 4.69) is 6.92 Å². The molecule has 0 bridgehead atoms. The summed E-state index contributed by atoms with van der Waals surface area (Å²) < 4.78 is 2.02. The van der Waals surface area contributed by atoms with Crippen LogP contribution >= 0.6 is 0 Å². The van der Waals surface area contributed by atoms with Gasteiger partial charge < -0.3 is 24.0 Å². The van der Waals surface area contributed by atoms with Crippen molar-refractivity contribution in [2.75, 3.05) is 0 Å². The standard InChI is InChI=1S/C17H20NO.HI/c1-2-3-12-16(18-13-8-5-9-14-18)17(19)15-10-6-4-7-11-15;/h4-11,13-14,16H,2-3,12H2,1H3;1H/q+1;/p-1. The molecule has 0 amide bonds. The zero-order valence-electron chi connectivity index (χ0n) is 11.7. The van der Waals surface area contributed by atoms with Crippen molar-refractivity contribution in [2.24, 2.45) is 0 Å². The van der Waals surface area contributed by atoms with Crippen LogP contribution in [0.1, 0.15) is 42.6 Å². The summed E-state index contributed by atoms with van der Waals surface area (Å²) in [6, 6.07) is 15.4. The summed E-state index contributed by atoms with van der Waals surface area (Å²) in [5, 5.41) is 0. The van der Waals surface area contributed by atoms with Gasteiger partial charge in [-0.1, -0.05) is 49.7 Å². The van der Waals surface area contributed by atoms with Crippen molar-refractivity contribution in [3.63, 3.8) is 0 Å². The van der Waals surface area contributed by atoms with Gasteiger partial charge in [0.2, 0.25) is 11.8 Å². The third-order valence-corrected chi connectivity index (χ3v) is 3.29. The lowest BCUT2D eigenvalue weighted by Gasteiger charge is -2.11. The monoisotopic (exact) mass is 381 g/mol. The third kappa shape index (κ3) is 4.40. The van der Waals surface area contributed by atoms with Crippen molar-refractivity contribution < 1.29 is 33.3 Å². The first-order chi connectivity index (χ1) is 9.33. The summed E-state index contributed by atoms with van der Waals surface area (Å²) >= 11 is 0. The summed E-state index contributed by atoms with van der Waals surface area (Å²) in [5.41, 5.74) is 0.792. The van der Waals surface area contributed by atoms with E-state index in [0.717, 1.165) is 24.8 Å². The maximum absolute atomic E-state index is 12.6. The van der Waals surface area contributed by atoms with Gasteiger partial charge in [0, 0.05) is 24.1 Å². The molecule has 0 N–H and O–H groups in total. The van der Waals surface area contributed by atoms with Gasteiger partial charge in [0.25, 0.3) is 0 Å². The van der Waals surface area contributed by atoms with E-state index in [1.807, 2.05) is 65.5 Å². The molecule has 0 saturated carbocycles. The van der Waals surface area contributed by atoms with Gasteiger partial charge in [-0.15, -0.1) is 0 Å². The topological polar surface area (TPSA) is 20.9 Å². The van der Waals surface area contributed by atoms with Crippen molar-refractivity contribution >= 4 is 5.78 Å². The number of nitrogens with zero attached hydrogens (tertiary/aromatic N) is 1. The SMILES string of the molecule is CCCCC(C(=O)c1ccccc1)[n+]1ccccc1.[I-]. The molecule has 0 spiro atoms. The van der Waals surface area contributed by atoms with Gasteiger partial charge >= 0.3 is 0 Å². The lowest BCUT2D eigenvalue weighted by molar-refractivity contribution is -0.708. The second kappa shape index (κ2) is 8.84. The first-order valence-electron chi connectivity index (χ1n) is 6.88. The molecule has 3 heteroatoms. The Labute approximate surface area is 137 Å². The lowest BCUT2D eigenvalue weighted by Crippen LogP contribution is -3.00. The number of hydrogen-bond acceptors (Lipinski definition) is 1. The molecule has 20 heavy (non-hydrogen) atoms. The number of carbonyl (C=O) groups excluding carboxylic acids is 1. The average molecular weight is 381 g/mol. The van der Waals surface area contributed by atoms with E-state index in [1.165, 1.54) is 0 Å². The summed E-state index contributed by atoms with van der Waals surface area (Å²) in [5.74, 6) is 0.199. The van der Waals surface area contributed by atoms with Crippen LogP contribution in [0, 0.1) is 0 Å². The van der Waals surface area contributed by atoms with E-state index in [9.17, 15) is 4.79 Å². The maximum atomic E-state index is 12.6. The number of rotatable bonds is 6. The molecule has 0 radical (unpaired) electrons. The first kappa shape index (κ1) is 16.8. The number of unbranched alkanes of at least 4 members (excludes halogenated alkanes) is 1. The highest BCUT2D eigenvalue weighted by Crippen LogP contribution is 2.15. The molecule has 106 valence electrons. The quantitative estimate of drug-likeness (QED) is 0.408. The fraction of sp³-hybridized carbons (Fsp3) is 0.294. The Morgan fingerprint density at radius 3 is 2.25 bits per heavy atom. The lowest BCUT2D eigenvalue weighted by atomic mass is 9.99. The Balaban J connectivity index is 0.00000200. The maximum Gasteiger partial charge on any atom is 0.230 e. The van der Waals surface area contributed by atoms with Crippen LogP contribution in [0.15, 0.2) is 60.9 Å². The number of benzene rings is 1. The Morgan fingerprint density at radius 2 is 1.65 bits per heavy atom. The minimum atomic E-state index is -0.0939. The van der Waals surface area contributed by atoms with Gasteiger partial charge in [-0.2, -0.15) is 4.57 Å². The molecule has 0 aliphatic heterocycles. The van der Waals surface area contributed by atoms with Crippen LogP contribution in [0.25, 0.3) is 0 Å². The van der Waals surface area contributed by atoms with Gasteiger partial charge in [-0.3, -0.25) is 4.79 Å². The minimum absolute atomic E-state index is 0.